The van der Waals surface area contributed by atoms with Gasteiger partial charge < -0.3 is 9.84 Å². The first-order chi connectivity index (χ1) is 9.70. The molecule has 1 aromatic carbocycles. The van der Waals surface area contributed by atoms with Crippen LogP contribution in [-0.4, -0.2) is 17.7 Å². The van der Waals surface area contributed by atoms with Crippen LogP contribution in [0.15, 0.2) is 39.6 Å². The molecule has 0 amide bonds. The van der Waals surface area contributed by atoms with Crippen molar-refractivity contribution < 1.29 is 8.91 Å². The van der Waals surface area contributed by atoms with E-state index in [0.717, 1.165) is 37.1 Å². The molecule has 0 saturated carbocycles. The summed E-state index contributed by atoms with van der Waals surface area (Å²) in [5.41, 5.74) is 0.791. The van der Waals surface area contributed by atoms with Crippen LogP contribution in [-0.2, 0) is 6.42 Å². The van der Waals surface area contributed by atoms with Gasteiger partial charge in [0.25, 0.3) is 5.56 Å². The highest BCUT2D eigenvalue weighted by Gasteiger charge is 2.25. The number of aromatic amines is 1. The summed E-state index contributed by atoms with van der Waals surface area (Å²) in [5, 5.41) is 5.78. The second kappa shape index (κ2) is 5.63. The maximum Gasteiger partial charge on any atom is 0.280 e. The summed E-state index contributed by atoms with van der Waals surface area (Å²) in [6, 6.07) is 8.49. The quantitative estimate of drug-likeness (QED) is 0.903. The number of H-pyrrole nitrogens is 1. The van der Waals surface area contributed by atoms with Crippen LogP contribution in [0.5, 0.6) is 0 Å². The Kier molecular flexibility index (Phi) is 3.69. The van der Waals surface area contributed by atoms with Gasteiger partial charge in [-0.15, -0.1) is 0 Å². The summed E-state index contributed by atoms with van der Waals surface area (Å²) in [6.07, 6.45) is 2.61. The van der Waals surface area contributed by atoms with Gasteiger partial charge >= 0.3 is 0 Å². The molecule has 1 aliphatic rings. The minimum atomic E-state index is -0.202. The smallest absolute Gasteiger partial charge is 0.280 e. The third-order valence-corrected chi connectivity index (χ3v) is 3.81. The van der Waals surface area contributed by atoms with Crippen LogP contribution in [0.25, 0.3) is 0 Å². The van der Waals surface area contributed by atoms with Gasteiger partial charge in [-0.1, -0.05) is 12.1 Å². The third-order valence-electron chi connectivity index (χ3n) is 3.81. The Balaban J connectivity index is 1.67. The summed E-state index contributed by atoms with van der Waals surface area (Å²) in [4.78, 5) is 11.1. The van der Waals surface area contributed by atoms with Crippen LogP contribution in [0.4, 0.5) is 4.39 Å². The molecule has 0 bridgehead atoms. The number of benzene rings is 1. The Morgan fingerprint density at radius 1 is 1.35 bits per heavy atom. The van der Waals surface area contributed by atoms with Crippen molar-refractivity contribution in [1.82, 2.24) is 10.5 Å². The number of nitrogens with one attached hydrogen (secondary N) is 2. The van der Waals surface area contributed by atoms with E-state index < -0.39 is 0 Å². The molecule has 20 heavy (non-hydrogen) atoms. The van der Waals surface area contributed by atoms with Gasteiger partial charge in [0.05, 0.1) is 0 Å². The molecule has 1 aliphatic heterocycles. The normalized spacial score (nSPS) is 22.9. The molecule has 2 N–H and O–H groups in total. The molecule has 1 saturated heterocycles. The summed E-state index contributed by atoms with van der Waals surface area (Å²) < 4.78 is 18.4. The summed E-state index contributed by atoms with van der Waals surface area (Å²) >= 11 is 0. The van der Waals surface area contributed by atoms with Gasteiger partial charge in [0.15, 0.2) is 0 Å². The van der Waals surface area contributed by atoms with E-state index in [4.69, 9.17) is 4.52 Å². The standard InChI is InChI=1S/C15H17FN2O2/c16-12-3-1-2-10(6-12)7-13-8-11(4-5-17-13)14-9-15(19)18-20-14/h1-3,6,9,11,13,17H,4-5,7-8H2,(H,18,19)/t11-,13+/m1/s1. The molecule has 1 fully saturated rings. The van der Waals surface area contributed by atoms with E-state index in [2.05, 4.69) is 10.5 Å². The average Bonchev–Trinajstić information content (AvgIpc) is 2.86. The lowest BCUT2D eigenvalue weighted by molar-refractivity contribution is 0.292. The highest BCUT2D eigenvalue weighted by atomic mass is 19.1. The molecular formula is C15H17FN2O2. The van der Waals surface area contributed by atoms with E-state index in [1.54, 1.807) is 12.1 Å². The van der Waals surface area contributed by atoms with Crippen molar-refractivity contribution in [3.63, 3.8) is 0 Å². The van der Waals surface area contributed by atoms with Gasteiger partial charge in [-0.05, 0) is 43.5 Å². The van der Waals surface area contributed by atoms with Crippen LogP contribution in [0.3, 0.4) is 0 Å². The molecular weight excluding hydrogens is 259 g/mol. The van der Waals surface area contributed by atoms with E-state index in [9.17, 15) is 9.18 Å². The lowest BCUT2D eigenvalue weighted by Gasteiger charge is -2.29. The second-order valence-corrected chi connectivity index (χ2v) is 5.32. The van der Waals surface area contributed by atoms with Gasteiger partial charge in [0.1, 0.15) is 11.6 Å². The van der Waals surface area contributed by atoms with Gasteiger partial charge in [-0.3, -0.25) is 4.79 Å². The molecule has 106 valence electrons. The van der Waals surface area contributed by atoms with Crippen LogP contribution in [0, 0.1) is 5.82 Å². The topological polar surface area (TPSA) is 58.0 Å². The fraction of sp³-hybridized carbons (Fsp3) is 0.400. The summed E-state index contributed by atoms with van der Waals surface area (Å²) in [7, 11) is 0. The van der Waals surface area contributed by atoms with Gasteiger partial charge in [0.2, 0.25) is 0 Å². The van der Waals surface area contributed by atoms with Gasteiger partial charge in [0, 0.05) is 18.0 Å². The molecule has 1 aromatic heterocycles. The van der Waals surface area contributed by atoms with E-state index in [1.807, 2.05) is 6.07 Å². The van der Waals surface area contributed by atoms with Crippen molar-refractivity contribution in [2.24, 2.45) is 0 Å². The van der Waals surface area contributed by atoms with Crippen molar-refractivity contribution in [3.8, 4) is 0 Å². The number of piperidine rings is 1. The molecule has 2 aromatic rings. The predicted octanol–water partition coefficient (Wildman–Crippen LogP) is 2.19. The first-order valence-electron chi connectivity index (χ1n) is 6.87. The largest absolute Gasteiger partial charge is 0.383 e. The summed E-state index contributed by atoms with van der Waals surface area (Å²) in [5.74, 6) is 0.765. The second-order valence-electron chi connectivity index (χ2n) is 5.32. The molecule has 2 heterocycles. The molecule has 3 rings (SSSR count). The van der Waals surface area contributed by atoms with Gasteiger partial charge in [-0.2, -0.15) is 5.16 Å². The van der Waals surface area contributed by atoms with Crippen LogP contribution >= 0.6 is 0 Å². The average molecular weight is 276 g/mol. The van der Waals surface area contributed by atoms with E-state index in [-0.39, 0.29) is 23.3 Å². The molecule has 2 atom stereocenters. The Labute approximate surface area is 116 Å². The van der Waals surface area contributed by atoms with Crippen molar-refractivity contribution in [2.75, 3.05) is 6.54 Å². The monoisotopic (exact) mass is 276 g/mol. The zero-order valence-corrected chi connectivity index (χ0v) is 11.1. The van der Waals surface area contributed by atoms with E-state index in [0.29, 0.717) is 0 Å². The van der Waals surface area contributed by atoms with Crippen LogP contribution < -0.4 is 10.9 Å². The molecule has 0 spiro atoms. The highest BCUT2D eigenvalue weighted by molar-refractivity contribution is 5.18. The molecule has 4 nitrogen and oxygen atoms in total. The Morgan fingerprint density at radius 2 is 2.25 bits per heavy atom. The fourth-order valence-electron chi connectivity index (χ4n) is 2.87. The third kappa shape index (κ3) is 2.99. The van der Waals surface area contributed by atoms with Crippen molar-refractivity contribution in [2.45, 2.75) is 31.2 Å². The Morgan fingerprint density at radius 3 is 3.00 bits per heavy atom. The molecule has 0 radical (unpaired) electrons. The van der Waals surface area contributed by atoms with Crippen molar-refractivity contribution in [3.05, 3.63) is 57.8 Å². The number of halogens is 1. The number of rotatable bonds is 3. The van der Waals surface area contributed by atoms with Crippen LogP contribution in [0.2, 0.25) is 0 Å². The maximum atomic E-state index is 13.2. The summed E-state index contributed by atoms with van der Waals surface area (Å²) in [6.45, 7) is 0.875. The number of hydrogen-bond acceptors (Lipinski definition) is 3. The Bertz CT molecular complexity index is 635. The van der Waals surface area contributed by atoms with E-state index in [1.165, 1.54) is 12.1 Å². The fourth-order valence-corrected chi connectivity index (χ4v) is 2.87. The lowest BCUT2D eigenvalue weighted by Crippen LogP contribution is -2.38. The van der Waals surface area contributed by atoms with Crippen molar-refractivity contribution >= 4 is 0 Å². The van der Waals surface area contributed by atoms with Gasteiger partial charge in [-0.25, -0.2) is 4.39 Å². The predicted molar refractivity (Wildman–Crippen MR) is 73.2 cm³/mol. The first-order valence-corrected chi connectivity index (χ1v) is 6.87. The van der Waals surface area contributed by atoms with E-state index >= 15 is 0 Å². The first kappa shape index (κ1) is 13.1. The van der Waals surface area contributed by atoms with Crippen LogP contribution in [0.1, 0.15) is 30.1 Å². The maximum absolute atomic E-state index is 13.2. The Hall–Kier alpha value is -1.88. The highest BCUT2D eigenvalue weighted by Crippen LogP contribution is 2.27. The SMILES string of the molecule is O=c1cc([C@@H]2CCN[C@@H](Cc3cccc(F)c3)C2)o[nH]1. The molecule has 0 unspecified atom stereocenters. The lowest BCUT2D eigenvalue weighted by atomic mass is 9.87. The zero-order valence-electron chi connectivity index (χ0n) is 11.1. The molecule has 5 heteroatoms. The zero-order chi connectivity index (χ0) is 13.9. The van der Waals surface area contributed by atoms with Crippen molar-refractivity contribution in [1.29, 1.82) is 0 Å². The minimum absolute atomic E-state index is 0.194. The molecule has 0 aliphatic carbocycles. The number of aromatic nitrogens is 1. The minimum Gasteiger partial charge on any atom is -0.383 e. The number of hydrogen-bond donors (Lipinski definition) is 2.